The smallest absolute Gasteiger partial charge is 0.264 e. The van der Waals surface area contributed by atoms with Crippen LogP contribution in [0, 0.1) is 5.92 Å². The lowest BCUT2D eigenvalue weighted by Crippen LogP contribution is -2.36. The van der Waals surface area contributed by atoms with Crippen molar-refractivity contribution in [3.63, 3.8) is 0 Å². The molecule has 7 heteroatoms. The number of carbonyl (C=O) groups excluding carboxylic acids is 1. The summed E-state index contributed by atoms with van der Waals surface area (Å²) in [5.41, 5.74) is 0.951. The van der Waals surface area contributed by atoms with Crippen molar-refractivity contribution >= 4 is 33.2 Å². The van der Waals surface area contributed by atoms with E-state index in [1.54, 1.807) is 24.3 Å². The normalized spacial score (nSPS) is 12.7. The largest absolute Gasteiger partial charge is 0.349 e. The fraction of sp³-hybridized carbons (Fsp3) is 0.316. The fourth-order valence-corrected chi connectivity index (χ4v) is 3.50. The molecule has 140 valence electrons. The minimum Gasteiger partial charge on any atom is -0.349 e. The van der Waals surface area contributed by atoms with Crippen LogP contribution in [0.1, 0.15) is 31.1 Å². The van der Waals surface area contributed by atoms with E-state index >= 15 is 0 Å². The van der Waals surface area contributed by atoms with Crippen LogP contribution in [0.25, 0.3) is 0 Å². The Kier molecular flexibility index (Phi) is 6.31. The van der Waals surface area contributed by atoms with E-state index in [0.29, 0.717) is 22.2 Å². The van der Waals surface area contributed by atoms with Crippen molar-refractivity contribution < 1.29 is 13.2 Å². The molecule has 1 amide bonds. The van der Waals surface area contributed by atoms with Crippen LogP contribution in [0.5, 0.6) is 0 Å². The van der Waals surface area contributed by atoms with Gasteiger partial charge in [-0.25, -0.2) is 8.42 Å². The third-order valence-corrected chi connectivity index (χ3v) is 6.38. The van der Waals surface area contributed by atoms with E-state index in [1.165, 1.54) is 35.6 Å². The number of hydrogen-bond donors (Lipinski definition) is 1. The zero-order valence-corrected chi connectivity index (χ0v) is 16.8. The monoisotopic (exact) mass is 394 g/mol. The number of anilines is 1. The highest BCUT2D eigenvalue weighted by molar-refractivity contribution is 7.92. The lowest BCUT2D eigenvalue weighted by Gasteiger charge is -2.20. The summed E-state index contributed by atoms with van der Waals surface area (Å²) in [6.45, 7) is 6.01. The molecule has 0 heterocycles. The maximum absolute atomic E-state index is 12.7. The van der Waals surface area contributed by atoms with Crippen LogP contribution >= 0.6 is 11.6 Å². The molecule has 0 aliphatic rings. The van der Waals surface area contributed by atoms with Crippen molar-refractivity contribution in [3.8, 4) is 0 Å². The van der Waals surface area contributed by atoms with Gasteiger partial charge in [0.15, 0.2) is 0 Å². The lowest BCUT2D eigenvalue weighted by atomic mass is 10.1. The number of hydrogen-bond acceptors (Lipinski definition) is 3. The van der Waals surface area contributed by atoms with Gasteiger partial charge in [-0.15, -0.1) is 0 Å². The summed E-state index contributed by atoms with van der Waals surface area (Å²) in [6, 6.07) is 12.5. The molecule has 26 heavy (non-hydrogen) atoms. The molecule has 0 unspecified atom stereocenters. The average molecular weight is 395 g/mol. The Hall–Kier alpha value is -2.05. The molecule has 1 atom stereocenters. The summed E-state index contributed by atoms with van der Waals surface area (Å²) >= 11 is 5.81. The van der Waals surface area contributed by atoms with Crippen molar-refractivity contribution in [3.05, 3.63) is 59.1 Å². The van der Waals surface area contributed by atoms with Gasteiger partial charge in [-0.1, -0.05) is 25.4 Å². The van der Waals surface area contributed by atoms with Gasteiger partial charge in [0, 0.05) is 23.7 Å². The van der Waals surface area contributed by atoms with Gasteiger partial charge in [-0.3, -0.25) is 9.10 Å². The molecule has 2 aromatic rings. The van der Waals surface area contributed by atoms with Crippen LogP contribution in [-0.4, -0.2) is 27.4 Å². The predicted octanol–water partition coefficient (Wildman–Crippen LogP) is 3.94. The van der Waals surface area contributed by atoms with Crippen LogP contribution in [0.3, 0.4) is 0 Å². The first-order valence-electron chi connectivity index (χ1n) is 8.28. The van der Waals surface area contributed by atoms with Gasteiger partial charge in [0.1, 0.15) is 0 Å². The molecule has 2 rings (SSSR count). The zero-order chi connectivity index (χ0) is 19.5. The summed E-state index contributed by atoms with van der Waals surface area (Å²) in [6.07, 6.45) is 0. The minimum atomic E-state index is -3.70. The van der Waals surface area contributed by atoms with Gasteiger partial charge < -0.3 is 5.32 Å². The first-order valence-corrected chi connectivity index (χ1v) is 10.1. The Morgan fingerprint density at radius 2 is 1.54 bits per heavy atom. The first-order chi connectivity index (χ1) is 12.1. The molecular weight excluding hydrogens is 372 g/mol. The molecule has 2 aromatic carbocycles. The highest BCUT2D eigenvalue weighted by atomic mass is 35.5. The van der Waals surface area contributed by atoms with Crippen molar-refractivity contribution in [1.29, 1.82) is 0 Å². The zero-order valence-electron chi connectivity index (χ0n) is 15.2. The summed E-state index contributed by atoms with van der Waals surface area (Å²) < 4.78 is 26.5. The van der Waals surface area contributed by atoms with Crippen LogP contribution in [0.15, 0.2) is 53.4 Å². The minimum absolute atomic E-state index is 0.0510. The molecule has 0 saturated carbocycles. The van der Waals surface area contributed by atoms with E-state index in [2.05, 4.69) is 5.32 Å². The number of nitrogens with one attached hydrogen (secondary N) is 1. The number of sulfonamides is 1. The summed E-state index contributed by atoms with van der Waals surface area (Å²) in [5, 5.41) is 3.39. The number of carbonyl (C=O) groups is 1. The molecule has 0 saturated heterocycles. The van der Waals surface area contributed by atoms with Gasteiger partial charge in [-0.05, 0) is 61.4 Å². The van der Waals surface area contributed by atoms with Crippen LogP contribution in [0.2, 0.25) is 5.02 Å². The fourth-order valence-electron chi connectivity index (χ4n) is 2.18. The lowest BCUT2D eigenvalue weighted by molar-refractivity contribution is 0.0930. The molecule has 0 radical (unpaired) electrons. The van der Waals surface area contributed by atoms with Gasteiger partial charge in [0.2, 0.25) is 0 Å². The van der Waals surface area contributed by atoms with Crippen LogP contribution < -0.4 is 9.62 Å². The van der Waals surface area contributed by atoms with E-state index in [-0.39, 0.29) is 16.8 Å². The second-order valence-corrected chi connectivity index (χ2v) is 8.89. The summed E-state index contributed by atoms with van der Waals surface area (Å²) in [4.78, 5) is 12.4. The number of halogens is 1. The Morgan fingerprint density at radius 3 is 2.04 bits per heavy atom. The highest BCUT2D eigenvalue weighted by Gasteiger charge is 2.21. The van der Waals surface area contributed by atoms with Gasteiger partial charge in [0.25, 0.3) is 15.9 Å². The maximum Gasteiger partial charge on any atom is 0.264 e. The molecular formula is C19H23ClN2O3S. The molecule has 5 nitrogen and oxygen atoms in total. The molecule has 0 aromatic heterocycles. The molecule has 0 aliphatic heterocycles. The third kappa shape index (κ3) is 4.56. The molecule has 1 N–H and O–H groups in total. The first kappa shape index (κ1) is 20.3. The van der Waals surface area contributed by atoms with Gasteiger partial charge >= 0.3 is 0 Å². The van der Waals surface area contributed by atoms with Crippen molar-refractivity contribution in [2.45, 2.75) is 31.7 Å². The second-order valence-electron chi connectivity index (χ2n) is 6.48. The number of amides is 1. The van der Waals surface area contributed by atoms with E-state index < -0.39 is 10.0 Å². The van der Waals surface area contributed by atoms with Crippen molar-refractivity contribution in [2.75, 3.05) is 11.4 Å². The Bertz CT molecular complexity index is 863. The third-order valence-electron chi connectivity index (χ3n) is 4.32. The van der Waals surface area contributed by atoms with Crippen molar-refractivity contribution in [2.24, 2.45) is 5.92 Å². The molecule has 0 fully saturated rings. The number of benzene rings is 2. The molecule has 0 aliphatic carbocycles. The van der Waals surface area contributed by atoms with Gasteiger partial charge in [-0.2, -0.15) is 0 Å². The number of rotatable bonds is 6. The Balaban J connectivity index is 2.19. The second kappa shape index (κ2) is 8.10. The summed E-state index contributed by atoms with van der Waals surface area (Å²) in [7, 11) is -2.23. The van der Waals surface area contributed by atoms with E-state index in [4.69, 9.17) is 11.6 Å². The molecule has 0 spiro atoms. The maximum atomic E-state index is 12.7. The standard InChI is InChI=1S/C19H23ClN2O3S/c1-13(2)14(3)21-19(23)15-5-9-17(10-6-15)22(4)26(24,25)18-11-7-16(20)8-12-18/h5-14H,1-4H3,(H,21,23)/t14-/m0/s1. The topological polar surface area (TPSA) is 66.5 Å². The van der Waals surface area contributed by atoms with Gasteiger partial charge in [0.05, 0.1) is 10.6 Å². The van der Waals surface area contributed by atoms with E-state index in [1.807, 2.05) is 20.8 Å². The van der Waals surface area contributed by atoms with E-state index in [9.17, 15) is 13.2 Å². The Morgan fingerprint density at radius 1 is 1.00 bits per heavy atom. The number of nitrogens with zero attached hydrogens (tertiary/aromatic N) is 1. The van der Waals surface area contributed by atoms with Crippen molar-refractivity contribution in [1.82, 2.24) is 5.32 Å². The predicted molar refractivity (Wildman–Crippen MR) is 105 cm³/mol. The Labute approximate surface area is 160 Å². The highest BCUT2D eigenvalue weighted by Crippen LogP contribution is 2.23. The SMILES string of the molecule is CC(C)[C@H](C)NC(=O)c1ccc(N(C)S(=O)(=O)c2ccc(Cl)cc2)cc1. The van der Waals surface area contributed by atoms with Crippen LogP contribution in [0.4, 0.5) is 5.69 Å². The average Bonchev–Trinajstić information content (AvgIpc) is 2.61. The molecule has 0 bridgehead atoms. The van der Waals surface area contributed by atoms with Crippen LogP contribution in [-0.2, 0) is 10.0 Å². The summed E-state index contributed by atoms with van der Waals surface area (Å²) in [5.74, 6) is 0.148. The quantitative estimate of drug-likeness (QED) is 0.806. The van der Waals surface area contributed by atoms with E-state index in [0.717, 1.165) is 0 Å².